The third-order valence-corrected chi connectivity index (χ3v) is 4.72. The summed E-state index contributed by atoms with van der Waals surface area (Å²) in [5.41, 5.74) is 1.38. The summed E-state index contributed by atoms with van der Waals surface area (Å²) in [6, 6.07) is 7.10. The second-order valence-electron chi connectivity index (χ2n) is 7.62. The largest absolute Gasteiger partial charge is 0.379 e. The molecule has 0 spiro atoms. The number of nitrogens with zero attached hydrogens (tertiary/aromatic N) is 3. The average Bonchev–Trinajstić information content (AvgIpc) is 3.19. The zero-order chi connectivity index (χ0) is 21.3. The lowest BCUT2D eigenvalue weighted by molar-refractivity contribution is -0.118. The number of benzene rings is 1. The number of nitrogens with one attached hydrogen (secondary N) is 2. The molecule has 1 aromatic carbocycles. The maximum absolute atomic E-state index is 12.1. The Balaban J connectivity index is 1.37. The molecule has 9 nitrogen and oxygen atoms in total. The van der Waals surface area contributed by atoms with Crippen molar-refractivity contribution in [2.45, 2.75) is 39.0 Å². The number of amides is 2. The Labute approximate surface area is 176 Å². The third-order valence-electron chi connectivity index (χ3n) is 4.72. The predicted molar refractivity (Wildman–Crippen MR) is 112 cm³/mol. The van der Waals surface area contributed by atoms with Gasteiger partial charge in [-0.2, -0.15) is 4.98 Å². The summed E-state index contributed by atoms with van der Waals surface area (Å²) >= 11 is 0. The molecule has 2 heterocycles. The van der Waals surface area contributed by atoms with Crippen LogP contribution in [0.5, 0.6) is 0 Å². The maximum atomic E-state index is 12.1. The van der Waals surface area contributed by atoms with Crippen LogP contribution in [0.25, 0.3) is 0 Å². The van der Waals surface area contributed by atoms with Crippen molar-refractivity contribution in [3.8, 4) is 0 Å². The van der Waals surface area contributed by atoms with Crippen LogP contribution in [0.2, 0.25) is 0 Å². The van der Waals surface area contributed by atoms with Gasteiger partial charge in [0.2, 0.25) is 17.7 Å². The van der Waals surface area contributed by atoms with Crippen molar-refractivity contribution in [1.29, 1.82) is 0 Å². The SMILES string of the molecule is CC(C)c1noc(CCCC(=O)Nc2ccc(NC(=O)CN3CCOCC3)cc2)n1. The van der Waals surface area contributed by atoms with Crippen molar-refractivity contribution >= 4 is 23.2 Å². The Hall–Kier alpha value is -2.78. The number of morpholine rings is 1. The molecule has 0 saturated carbocycles. The number of rotatable bonds is 9. The molecule has 1 aliphatic rings. The van der Waals surface area contributed by atoms with Crippen molar-refractivity contribution in [3.05, 3.63) is 36.0 Å². The first-order valence-corrected chi connectivity index (χ1v) is 10.3. The number of hydrogen-bond donors (Lipinski definition) is 2. The van der Waals surface area contributed by atoms with Gasteiger partial charge in [-0.25, -0.2) is 0 Å². The quantitative estimate of drug-likeness (QED) is 0.647. The minimum absolute atomic E-state index is 0.0599. The van der Waals surface area contributed by atoms with E-state index in [9.17, 15) is 9.59 Å². The van der Waals surface area contributed by atoms with Gasteiger partial charge in [0.05, 0.1) is 19.8 Å². The third kappa shape index (κ3) is 6.93. The first-order chi connectivity index (χ1) is 14.5. The van der Waals surface area contributed by atoms with Gasteiger partial charge in [0.1, 0.15) is 0 Å². The second kappa shape index (κ2) is 10.8. The summed E-state index contributed by atoms with van der Waals surface area (Å²) in [4.78, 5) is 30.6. The van der Waals surface area contributed by atoms with Crippen LogP contribution in [0.3, 0.4) is 0 Å². The highest BCUT2D eigenvalue weighted by Crippen LogP contribution is 2.15. The van der Waals surface area contributed by atoms with Gasteiger partial charge in [0.15, 0.2) is 5.82 Å². The fourth-order valence-corrected chi connectivity index (χ4v) is 3.03. The van der Waals surface area contributed by atoms with Crippen molar-refractivity contribution in [2.24, 2.45) is 0 Å². The molecule has 1 saturated heterocycles. The van der Waals surface area contributed by atoms with Crippen molar-refractivity contribution < 1.29 is 18.8 Å². The molecule has 9 heteroatoms. The molecule has 30 heavy (non-hydrogen) atoms. The molecule has 2 aromatic rings. The average molecular weight is 415 g/mol. The highest BCUT2D eigenvalue weighted by atomic mass is 16.5. The Morgan fingerprint density at radius 2 is 1.70 bits per heavy atom. The molecule has 0 radical (unpaired) electrons. The molecule has 2 amide bonds. The topological polar surface area (TPSA) is 110 Å². The van der Waals surface area contributed by atoms with Crippen molar-refractivity contribution in [1.82, 2.24) is 15.0 Å². The molecule has 0 aliphatic carbocycles. The zero-order valence-electron chi connectivity index (χ0n) is 17.5. The Bertz CT molecular complexity index is 828. The summed E-state index contributed by atoms with van der Waals surface area (Å²) in [6.45, 7) is 7.21. The monoisotopic (exact) mass is 415 g/mol. The normalized spacial score (nSPS) is 14.6. The highest BCUT2D eigenvalue weighted by Gasteiger charge is 2.14. The fourth-order valence-electron chi connectivity index (χ4n) is 3.03. The molecule has 3 rings (SSSR count). The van der Waals surface area contributed by atoms with E-state index in [1.165, 1.54) is 0 Å². The lowest BCUT2D eigenvalue weighted by Gasteiger charge is -2.25. The number of anilines is 2. The lowest BCUT2D eigenvalue weighted by atomic mass is 10.2. The van der Waals surface area contributed by atoms with E-state index in [2.05, 4.69) is 25.7 Å². The van der Waals surface area contributed by atoms with E-state index in [1.54, 1.807) is 24.3 Å². The number of carbonyl (C=O) groups excluding carboxylic acids is 2. The molecule has 0 unspecified atom stereocenters. The molecule has 0 atom stereocenters. The van der Waals surface area contributed by atoms with Crippen LogP contribution in [-0.4, -0.2) is 59.7 Å². The summed E-state index contributed by atoms with van der Waals surface area (Å²) in [6.07, 6.45) is 1.56. The minimum Gasteiger partial charge on any atom is -0.379 e. The number of ether oxygens (including phenoxy) is 1. The van der Waals surface area contributed by atoms with Crippen molar-refractivity contribution in [3.63, 3.8) is 0 Å². The Morgan fingerprint density at radius 3 is 2.30 bits per heavy atom. The van der Waals surface area contributed by atoms with Gasteiger partial charge < -0.3 is 19.9 Å². The number of aromatic nitrogens is 2. The van der Waals surface area contributed by atoms with E-state index in [4.69, 9.17) is 9.26 Å². The van der Waals surface area contributed by atoms with Crippen LogP contribution >= 0.6 is 0 Å². The van der Waals surface area contributed by atoms with Crippen LogP contribution in [0.15, 0.2) is 28.8 Å². The lowest BCUT2D eigenvalue weighted by Crippen LogP contribution is -2.41. The Kier molecular flexibility index (Phi) is 7.92. The molecule has 1 aromatic heterocycles. The molecule has 1 fully saturated rings. The van der Waals surface area contributed by atoms with E-state index in [0.29, 0.717) is 62.1 Å². The summed E-state index contributed by atoms with van der Waals surface area (Å²) in [7, 11) is 0. The van der Waals surface area contributed by atoms with Crippen molar-refractivity contribution in [2.75, 3.05) is 43.5 Å². The van der Waals surface area contributed by atoms with Gasteiger partial charge in [-0.05, 0) is 30.7 Å². The van der Waals surface area contributed by atoms with Gasteiger partial charge in [0.25, 0.3) is 0 Å². The highest BCUT2D eigenvalue weighted by molar-refractivity contribution is 5.93. The van der Waals surface area contributed by atoms with E-state index < -0.39 is 0 Å². The zero-order valence-corrected chi connectivity index (χ0v) is 17.5. The number of aryl methyl sites for hydroxylation is 1. The first kappa shape index (κ1) is 21.9. The fraction of sp³-hybridized carbons (Fsp3) is 0.524. The molecular weight excluding hydrogens is 386 g/mol. The van der Waals surface area contributed by atoms with Crippen LogP contribution < -0.4 is 10.6 Å². The van der Waals surface area contributed by atoms with Gasteiger partial charge in [0, 0.05) is 43.2 Å². The molecule has 1 aliphatic heterocycles. The maximum Gasteiger partial charge on any atom is 0.238 e. The second-order valence-corrected chi connectivity index (χ2v) is 7.62. The van der Waals surface area contributed by atoms with Gasteiger partial charge in [-0.1, -0.05) is 19.0 Å². The van der Waals surface area contributed by atoms with Crippen LogP contribution in [0, 0.1) is 0 Å². The van der Waals surface area contributed by atoms with Gasteiger partial charge >= 0.3 is 0 Å². The molecule has 0 bridgehead atoms. The summed E-state index contributed by atoms with van der Waals surface area (Å²) < 4.78 is 10.5. The molecular formula is C21H29N5O4. The summed E-state index contributed by atoms with van der Waals surface area (Å²) in [5.74, 6) is 1.33. The predicted octanol–water partition coefficient (Wildman–Crippen LogP) is 2.43. The first-order valence-electron chi connectivity index (χ1n) is 10.3. The van der Waals surface area contributed by atoms with E-state index in [-0.39, 0.29) is 17.7 Å². The van der Waals surface area contributed by atoms with Crippen LogP contribution in [-0.2, 0) is 20.7 Å². The smallest absolute Gasteiger partial charge is 0.238 e. The minimum atomic E-state index is -0.0808. The van der Waals surface area contributed by atoms with E-state index in [1.807, 2.05) is 13.8 Å². The Morgan fingerprint density at radius 1 is 1.07 bits per heavy atom. The van der Waals surface area contributed by atoms with Gasteiger partial charge in [-0.3, -0.25) is 14.5 Å². The standard InChI is InChI=1S/C21H29N5O4/c1-15(2)21-24-20(30-25-21)5-3-4-18(27)22-16-6-8-17(9-7-16)23-19(28)14-26-10-12-29-13-11-26/h6-9,15H,3-5,10-14H2,1-2H3,(H,22,27)(H,23,28). The number of hydrogen-bond acceptors (Lipinski definition) is 7. The van der Waals surface area contributed by atoms with Crippen LogP contribution in [0.4, 0.5) is 11.4 Å². The number of carbonyl (C=O) groups is 2. The van der Waals surface area contributed by atoms with Gasteiger partial charge in [-0.15, -0.1) is 0 Å². The molecule has 162 valence electrons. The van der Waals surface area contributed by atoms with E-state index >= 15 is 0 Å². The summed E-state index contributed by atoms with van der Waals surface area (Å²) in [5, 5.41) is 9.65. The van der Waals surface area contributed by atoms with Crippen LogP contribution in [0.1, 0.15) is 44.3 Å². The molecule has 2 N–H and O–H groups in total. The van der Waals surface area contributed by atoms with E-state index in [0.717, 1.165) is 13.1 Å².